The van der Waals surface area contributed by atoms with Crippen molar-refractivity contribution >= 4 is 33.5 Å². The van der Waals surface area contributed by atoms with E-state index in [0.717, 1.165) is 6.26 Å². The summed E-state index contributed by atoms with van der Waals surface area (Å²) in [6.07, 6.45) is 2.37. The van der Waals surface area contributed by atoms with Gasteiger partial charge in [-0.2, -0.15) is 0 Å². The number of rotatable bonds is 4. The van der Waals surface area contributed by atoms with Gasteiger partial charge >= 0.3 is 6.01 Å². The van der Waals surface area contributed by atoms with Gasteiger partial charge in [-0.25, -0.2) is 12.7 Å². The molecule has 1 aromatic carbocycles. The molecule has 2 aromatic rings. The van der Waals surface area contributed by atoms with Gasteiger partial charge in [0.2, 0.25) is 21.8 Å². The highest BCUT2D eigenvalue weighted by Crippen LogP contribution is 2.24. The van der Waals surface area contributed by atoms with E-state index in [-0.39, 0.29) is 24.4 Å². The molecule has 10 heteroatoms. The van der Waals surface area contributed by atoms with E-state index in [1.54, 1.807) is 24.3 Å². The van der Waals surface area contributed by atoms with E-state index >= 15 is 0 Å². The second kappa shape index (κ2) is 7.11. The molecule has 1 aliphatic heterocycles. The molecule has 1 N–H and O–H groups in total. The lowest BCUT2D eigenvalue weighted by Gasteiger charge is -2.29. The van der Waals surface area contributed by atoms with Crippen molar-refractivity contribution < 1.29 is 17.6 Å². The molecule has 0 bridgehead atoms. The lowest BCUT2D eigenvalue weighted by Crippen LogP contribution is -2.43. The second-order valence-corrected chi connectivity index (χ2v) is 8.29. The van der Waals surface area contributed by atoms with Crippen molar-refractivity contribution in [2.45, 2.75) is 12.8 Å². The first-order valence-electron chi connectivity index (χ1n) is 7.68. The van der Waals surface area contributed by atoms with Gasteiger partial charge < -0.3 is 4.42 Å². The van der Waals surface area contributed by atoms with Crippen LogP contribution in [0.2, 0.25) is 5.02 Å². The predicted molar refractivity (Wildman–Crippen MR) is 92.5 cm³/mol. The first-order chi connectivity index (χ1) is 11.8. The lowest BCUT2D eigenvalue weighted by molar-refractivity contribution is -0.121. The fraction of sp³-hybridized carbons (Fsp3) is 0.400. The number of halogens is 1. The van der Waals surface area contributed by atoms with Crippen LogP contribution in [0, 0.1) is 5.92 Å². The zero-order valence-electron chi connectivity index (χ0n) is 13.5. The summed E-state index contributed by atoms with van der Waals surface area (Å²) in [7, 11) is -3.31. The highest BCUT2D eigenvalue weighted by atomic mass is 35.5. The quantitative estimate of drug-likeness (QED) is 0.864. The average Bonchev–Trinajstić information content (AvgIpc) is 3.03. The van der Waals surface area contributed by atoms with E-state index in [4.69, 9.17) is 16.0 Å². The zero-order chi connectivity index (χ0) is 18.0. The summed E-state index contributed by atoms with van der Waals surface area (Å²) < 4.78 is 30.0. The normalized spacial score (nSPS) is 18.9. The number of anilines is 1. The molecule has 0 spiro atoms. The van der Waals surface area contributed by atoms with Crippen LogP contribution in [0.1, 0.15) is 12.8 Å². The molecule has 1 amide bonds. The molecule has 1 unspecified atom stereocenters. The third kappa shape index (κ3) is 4.36. The van der Waals surface area contributed by atoms with E-state index < -0.39 is 15.9 Å². The Hall–Kier alpha value is -1.97. The van der Waals surface area contributed by atoms with Crippen LogP contribution in [-0.4, -0.2) is 48.2 Å². The smallest absolute Gasteiger partial charge is 0.322 e. The lowest BCUT2D eigenvalue weighted by atomic mass is 9.99. The summed E-state index contributed by atoms with van der Waals surface area (Å²) in [6, 6.07) is 6.88. The monoisotopic (exact) mass is 384 g/mol. The summed E-state index contributed by atoms with van der Waals surface area (Å²) in [5.74, 6) is -0.557. The van der Waals surface area contributed by atoms with Gasteiger partial charge in [0.1, 0.15) is 0 Å². The van der Waals surface area contributed by atoms with Crippen molar-refractivity contribution in [1.82, 2.24) is 14.5 Å². The van der Waals surface area contributed by atoms with E-state index in [2.05, 4.69) is 15.5 Å². The number of nitrogens with zero attached hydrogens (tertiary/aromatic N) is 3. The van der Waals surface area contributed by atoms with Crippen LogP contribution in [-0.2, 0) is 14.8 Å². The highest BCUT2D eigenvalue weighted by Gasteiger charge is 2.30. The number of carbonyl (C=O) groups excluding carboxylic acids is 1. The maximum atomic E-state index is 12.4. The molecular formula is C15H17ClN4O4S. The van der Waals surface area contributed by atoms with Gasteiger partial charge in [0, 0.05) is 23.7 Å². The summed E-state index contributed by atoms with van der Waals surface area (Å²) in [4.78, 5) is 12.4. The number of amides is 1. The fourth-order valence-electron chi connectivity index (χ4n) is 2.68. The molecular weight excluding hydrogens is 368 g/mol. The topological polar surface area (TPSA) is 105 Å². The molecule has 134 valence electrons. The number of hydrogen-bond donors (Lipinski definition) is 1. The van der Waals surface area contributed by atoms with Crippen molar-refractivity contribution in [1.29, 1.82) is 0 Å². The van der Waals surface area contributed by atoms with Gasteiger partial charge in [-0.15, -0.1) is 5.10 Å². The van der Waals surface area contributed by atoms with E-state index in [1.165, 1.54) is 4.31 Å². The first-order valence-corrected chi connectivity index (χ1v) is 9.91. The van der Waals surface area contributed by atoms with E-state index in [1.807, 2.05) is 0 Å². The SMILES string of the molecule is CS(=O)(=O)N1CCCC(C(=O)Nc2nnc(-c3cccc(Cl)c3)o2)C1. The Labute approximate surface area is 150 Å². The van der Waals surface area contributed by atoms with Crippen molar-refractivity contribution in [2.24, 2.45) is 5.92 Å². The van der Waals surface area contributed by atoms with Gasteiger partial charge in [-0.1, -0.05) is 22.8 Å². The second-order valence-electron chi connectivity index (χ2n) is 5.87. The van der Waals surface area contributed by atoms with Gasteiger partial charge in [-0.05, 0) is 31.0 Å². The molecule has 1 aromatic heterocycles. The van der Waals surface area contributed by atoms with E-state index in [0.29, 0.717) is 30.0 Å². The Morgan fingerprint density at radius 1 is 1.40 bits per heavy atom. The molecule has 1 atom stereocenters. The Morgan fingerprint density at radius 2 is 2.20 bits per heavy atom. The number of benzene rings is 1. The zero-order valence-corrected chi connectivity index (χ0v) is 15.0. The van der Waals surface area contributed by atoms with Crippen molar-refractivity contribution in [3.8, 4) is 11.5 Å². The van der Waals surface area contributed by atoms with Crippen LogP contribution in [0.15, 0.2) is 28.7 Å². The number of nitrogens with one attached hydrogen (secondary N) is 1. The molecule has 0 saturated carbocycles. The van der Waals surface area contributed by atoms with Crippen molar-refractivity contribution in [2.75, 3.05) is 24.7 Å². The molecule has 3 rings (SSSR count). The molecule has 1 fully saturated rings. The van der Waals surface area contributed by atoms with Crippen LogP contribution in [0.4, 0.5) is 6.01 Å². The van der Waals surface area contributed by atoms with Crippen LogP contribution in [0.25, 0.3) is 11.5 Å². The Bertz CT molecular complexity index is 883. The average molecular weight is 385 g/mol. The molecule has 25 heavy (non-hydrogen) atoms. The van der Waals surface area contributed by atoms with Crippen LogP contribution < -0.4 is 5.32 Å². The Kier molecular flexibility index (Phi) is 5.07. The van der Waals surface area contributed by atoms with Gasteiger partial charge in [0.15, 0.2) is 0 Å². The number of hydrogen-bond acceptors (Lipinski definition) is 6. The van der Waals surface area contributed by atoms with E-state index in [9.17, 15) is 13.2 Å². The maximum Gasteiger partial charge on any atom is 0.322 e. The Balaban J connectivity index is 1.67. The molecule has 1 aliphatic rings. The van der Waals surface area contributed by atoms with Gasteiger partial charge in [0.05, 0.1) is 12.2 Å². The Morgan fingerprint density at radius 3 is 2.92 bits per heavy atom. The minimum Gasteiger partial charge on any atom is -0.403 e. The van der Waals surface area contributed by atoms with Crippen molar-refractivity contribution in [3.05, 3.63) is 29.3 Å². The molecule has 0 aliphatic carbocycles. The molecule has 0 radical (unpaired) electrons. The predicted octanol–water partition coefficient (Wildman–Crippen LogP) is 2.00. The highest BCUT2D eigenvalue weighted by molar-refractivity contribution is 7.88. The summed E-state index contributed by atoms with van der Waals surface area (Å²) in [5.41, 5.74) is 0.640. The summed E-state index contributed by atoms with van der Waals surface area (Å²) >= 11 is 5.92. The molecule has 8 nitrogen and oxygen atoms in total. The minimum atomic E-state index is -3.31. The third-order valence-electron chi connectivity index (χ3n) is 3.95. The van der Waals surface area contributed by atoms with Crippen molar-refractivity contribution in [3.63, 3.8) is 0 Å². The standard InChI is InChI=1S/C15H17ClN4O4S/c1-25(22,23)20-7-3-5-11(9-20)13(21)17-15-19-18-14(24-15)10-4-2-6-12(16)8-10/h2,4,6,8,11H,3,5,7,9H2,1H3,(H,17,19,21). The van der Waals surface area contributed by atoms with Crippen LogP contribution in [0.3, 0.4) is 0 Å². The molecule has 2 heterocycles. The van der Waals surface area contributed by atoms with Crippen LogP contribution >= 0.6 is 11.6 Å². The minimum absolute atomic E-state index is 0.0311. The van der Waals surface area contributed by atoms with Crippen LogP contribution in [0.5, 0.6) is 0 Å². The maximum absolute atomic E-state index is 12.4. The van der Waals surface area contributed by atoms with Gasteiger partial charge in [-0.3, -0.25) is 10.1 Å². The number of sulfonamides is 1. The third-order valence-corrected chi connectivity index (χ3v) is 5.46. The molecule has 1 saturated heterocycles. The largest absolute Gasteiger partial charge is 0.403 e. The summed E-state index contributed by atoms with van der Waals surface area (Å²) in [5, 5.41) is 10.8. The number of aromatic nitrogens is 2. The number of carbonyl (C=O) groups is 1. The van der Waals surface area contributed by atoms with Gasteiger partial charge in [0.25, 0.3) is 0 Å². The number of piperidine rings is 1. The summed E-state index contributed by atoms with van der Waals surface area (Å²) in [6.45, 7) is 0.585. The first kappa shape index (κ1) is 17.8. The fourth-order valence-corrected chi connectivity index (χ4v) is 3.78.